The monoisotopic (exact) mass is 292 g/mol. The van der Waals surface area contributed by atoms with Crippen LogP contribution in [0.15, 0.2) is 42.5 Å². The molecule has 0 aliphatic heterocycles. The standard InChI is InChI=1S/C15H13ClO4/c1-19-13-7-3-6-12(14(13)17)15(18)20-9-10-4-2-5-11(16)8-10/h2-8,17H,9H2,1H3. The van der Waals surface area contributed by atoms with Crippen LogP contribution in [0, 0.1) is 0 Å². The van der Waals surface area contributed by atoms with Crippen molar-refractivity contribution in [2.24, 2.45) is 0 Å². The fraction of sp³-hybridized carbons (Fsp3) is 0.133. The van der Waals surface area contributed by atoms with Crippen LogP contribution >= 0.6 is 11.6 Å². The summed E-state index contributed by atoms with van der Waals surface area (Å²) in [5, 5.41) is 10.4. The molecule has 0 heterocycles. The van der Waals surface area contributed by atoms with Crippen molar-refractivity contribution in [3.05, 3.63) is 58.6 Å². The highest BCUT2D eigenvalue weighted by atomic mass is 35.5. The Bertz CT molecular complexity index is 625. The number of phenolic OH excluding ortho intramolecular Hbond substituents is 1. The first-order chi connectivity index (χ1) is 9.61. The molecule has 1 N–H and O–H groups in total. The molecule has 0 saturated carbocycles. The van der Waals surface area contributed by atoms with Gasteiger partial charge in [0.2, 0.25) is 0 Å². The number of esters is 1. The zero-order valence-corrected chi connectivity index (χ0v) is 11.6. The van der Waals surface area contributed by atoms with E-state index in [0.717, 1.165) is 5.56 Å². The molecule has 5 heteroatoms. The maximum absolute atomic E-state index is 11.9. The Hall–Kier alpha value is -2.20. The summed E-state index contributed by atoms with van der Waals surface area (Å²) in [4.78, 5) is 11.9. The highest BCUT2D eigenvalue weighted by Crippen LogP contribution is 2.29. The second kappa shape index (κ2) is 6.30. The van der Waals surface area contributed by atoms with Crippen LogP contribution in [0.2, 0.25) is 5.02 Å². The smallest absolute Gasteiger partial charge is 0.342 e. The number of carbonyl (C=O) groups is 1. The van der Waals surface area contributed by atoms with Crippen LogP contribution in [0.1, 0.15) is 15.9 Å². The average molecular weight is 293 g/mol. The van der Waals surface area contributed by atoms with Crippen LogP contribution in [-0.4, -0.2) is 18.2 Å². The third-order valence-electron chi connectivity index (χ3n) is 2.70. The number of ether oxygens (including phenoxy) is 2. The SMILES string of the molecule is COc1cccc(C(=O)OCc2cccc(Cl)c2)c1O. The summed E-state index contributed by atoms with van der Waals surface area (Å²) in [6.07, 6.45) is 0. The predicted molar refractivity (Wildman–Crippen MR) is 75.2 cm³/mol. The number of benzene rings is 2. The van der Waals surface area contributed by atoms with E-state index in [1.54, 1.807) is 36.4 Å². The lowest BCUT2D eigenvalue weighted by molar-refractivity contribution is 0.0468. The zero-order valence-electron chi connectivity index (χ0n) is 10.8. The molecular weight excluding hydrogens is 280 g/mol. The lowest BCUT2D eigenvalue weighted by Crippen LogP contribution is -2.06. The second-order valence-electron chi connectivity index (χ2n) is 4.06. The molecule has 0 radical (unpaired) electrons. The number of para-hydroxylation sites is 1. The minimum atomic E-state index is -0.624. The van der Waals surface area contributed by atoms with Crippen LogP contribution in [0.5, 0.6) is 11.5 Å². The Balaban J connectivity index is 2.09. The highest BCUT2D eigenvalue weighted by molar-refractivity contribution is 6.30. The predicted octanol–water partition coefficient (Wildman–Crippen LogP) is 3.41. The fourth-order valence-corrected chi connectivity index (χ4v) is 1.92. The summed E-state index contributed by atoms with van der Waals surface area (Å²) in [6, 6.07) is 11.6. The van der Waals surface area contributed by atoms with Gasteiger partial charge in [0.15, 0.2) is 11.5 Å². The number of hydrogen-bond donors (Lipinski definition) is 1. The van der Waals surface area contributed by atoms with Gasteiger partial charge in [-0.15, -0.1) is 0 Å². The quantitative estimate of drug-likeness (QED) is 0.877. The lowest BCUT2D eigenvalue weighted by Gasteiger charge is -2.09. The first-order valence-electron chi connectivity index (χ1n) is 5.89. The van der Waals surface area contributed by atoms with E-state index in [-0.39, 0.29) is 23.7 Å². The van der Waals surface area contributed by atoms with Gasteiger partial charge in [-0.05, 0) is 29.8 Å². The summed E-state index contributed by atoms with van der Waals surface area (Å²) in [6.45, 7) is 0.0794. The molecule has 2 aromatic rings. The molecule has 0 amide bonds. The molecule has 2 rings (SSSR count). The second-order valence-corrected chi connectivity index (χ2v) is 4.50. The summed E-state index contributed by atoms with van der Waals surface area (Å²) < 4.78 is 10.1. The molecule has 20 heavy (non-hydrogen) atoms. The van der Waals surface area contributed by atoms with Crippen LogP contribution in [-0.2, 0) is 11.3 Å². The molecule has 2 aromatic carbocycles. The van der Waals surface area contributed by atoms with Gasteiger partial charge in [0.1, 0.15) is 12.2 Å². The normalized spacial score (nSPS) is 10.1. The third-order valence-corrected chi connectivity index (χ3v) is 2.93. The molecule has 0 unspecified atom stereocenters. The van der Waals surface area contributed by atoms with E-state index < -0.39 is 5.97 Å². The van der Waals surface area contributed by atoms with Gasteiger partial charge in [0.25, 0.3) is 0 Å². The summed E-state index contributed by atoms with van der Waals surface area (Å²) in [5.41, 5.74) is 0.833. The summed E-state index contributed by atoms with van der Waals surface area (Å²) >= 11 is 5.84. The molecule has 0 atom stereocenters. The van der Waals surface area contributed by atoms with Crippen LogP contribution < -0.4 is 4.74 Å². The highest BCUT2D eigenvalue weighted by Gasteiger charge is 2.16. The number of methoxy groups -OCH3 is 1. The van der Waals surface area contributed by atoms with Crippen molar-refractivity contribution in [3.63, 3.8) is 0 Å². The topological polar surface area (TPSA) is 55.8 Å². The Labute approximate surface area is 121 Å². The van der Waals surface area contributed by atoms with Crippen LogP contribution in [0.4, 0.5) is 0 Å². The van der Waals surface area contributed by atoms with Crippen molar-refractivity contribution in [1.82, 2.24) is 0 Å². The van der Waals surface area contributed by atoms with Crippen LogP contribution in [0.25, 0.3) is 0 Å². The minimum Gasteiger partial charge on any atom is -0.504 e. The number of halogens is 1. The van der Waals surface area contributed by atoms with Crippen molar-refractivity contribution < 1.29 is 19.4 Å². The maximum Gasteiger partial charge on any atom is 0.342 e. The number of phenols is 1. The average Bonchev–Trinajstić information content (AvgIpc) is 2.45. The first kappa shape index (κ1) is 14.2. The van der Waals surface area contributed by atoms with E-state index >= 15 is 0 Å². The van der Waals surface area contributed by atoms with Crippen molar-refractivity contribution in [2.45, 2.75) is 6.61 Å². The fourth-order valence-electron chi connectivity index (χ4n) is 1.71. The minimum absolute atomic E-state index is 0.0615. The van der Waals surface area contributed by atoms with Gasteiger partial charge in [-0.3, -0.25) is 0 Å². The Morgan fingerprint density at radius 1 is 1.25 bits per heavy atom. The van der Waals surface area contributed by atoms with E-state index in [1.807, 2.05) is 0 Å². The molecule has 4 nitrogen and oxygen atoms in total. The molecule has 0 aliphatic rings. The van der Waals surface area contributed by atoms with Gasteiger partial charge in [-0.25, -0.2) is 4.79 Å². The largest absolute Gasteiger partial charge is 0.504 e. The molecular formula is C15H13ClO4. The third kappa shape index (κ3) is 3.22. The van der Waals surface area contributed by atoms with Crippen molar-refractivity contribution in [3.8, 4) is 11.5 Å². The van der Waals surface area contributed by atoms with Gasteiger partial charge in [-0.2, -0.15) is 0 Å². The summed E-state index contributed by atoms with van der Waals surface area (Å²) in [5.74, 6) is -0.630. The first-order valence-corrected chi connectivity index (χ1v) is 6.27. The molecule has 104 valence electrons. The number of hydrogen-bond acceptors (Lipinski definition) is 4. The molecule has 0 spiro atoms. The van der Waals surface area contributed by atoms with E-state index in [1.165, 1.54) is 13.2 Å². The van der Waals surface area contributed by atoms with E-state index in [9.17, 15) is 9.90 Å². The van der Waals surface area contributed by atoms with Crippen molar-refractivity contribution in [1.29, 1.82) is 0 Å². The maximum atomic E-state index is 11.9. The summed E-state index contributed by atoms with van der Waals surface area (Å²) in [7, 11) is 1.41. The molecule has 0 fully saturated rings. The Morgan fingerprint density at radius 3 is 2.70 bits per heavy atom. The molecule has 0 aromatic heterocycles. The Morgan fingerprint density at radius 2 is 2.00 bits per heavy atom. The van der Waals surface area contributed by atoms with Gasteiger partial charge in [0.05, 0.1) is 7.11 Å². The molecule has 0 bridgehead atoms. The zero-order chi connectivity index (χ0) is 14.5. The molecule has 0 saturated heterocycles. The van der Waals surface area contributed by atoms with E-state index in [4.69, 9.17) is 21.1 Å². The van der Waals surface area contributed by atoms with E-state index in [2.05, 4.69) is 0 Å². The number of aromatic hydroxyl groups is 1. The number of rotatable bonds is 4. The number of carbonyl (C=O) groups excluding carboxylic acids is 1. The molecule has 0 aliphatic carbocycles. The van der Waals surface area contributed by atoms with Crippen molar-refractivity contribution in [2.75, 3.05) is 7.11 Å². The van der Waals surface area contributed by atoms with Gasteiger partial charge < -0.3 is 14.6 Å². The Kier molecular flexibility index (Phi) is 4.48. The van der Waals surface area contributed by atoms with Gasteiger partial charge in [0, 0.05) is 5.02 Å². The lowest BCUT2D eigenvalue weighted by atomic mass is 10.2. The van der Waals surface area contributed by atoms with Crippen LogP contribution in [0.3, 0.4) is 0 Å². The van der Waals surface area contributed by atoms with E-state index in [0.29, 0.717) is 5.02 Å². The van der Waals surface area contributed by atoms with Gasteiger partial charge in [-0.1, -0.05) is 29.8 Å². The van der Waals surface area contributed by atoms with Crippen molar-refractivity contribution >= 4 is 17.6 Å². The van der Waals surface area contributed by atoms with Gasteiger partial charge >= 0.3 is 5.97 Å².